The van der Waals surface area contributed by atoms with Crippen LogP contribution < -0.4 is 5.32 Å². The normalized spacial score (nSPS) is 13.0. The Hall–Kier alpha value is -1.14. The molecule has 0 fully saturated rings. The smallest absolute Gasteiger partial charge is 0.306 e. The second-order valence-electron chi connectivity index (χ2n) is 19.7. The fourth-order valence-corrected chi connectivity index (χ4v) is 9.14. The lowest BCUT2D eigenvalue weighted by molar-refractivity contribution is -0.151. The van der Waals surface area contributed by atoms with E-state index in [2.05, 4.69) is 26.1 Å². The van der Waals surface area contributed by atoms with Crippen LogP contribution in [0.25, 0.3) is 0 Å². The van der Waals surface area contributed by atoms with E-state index in [1.165, 1.54) is 238 Å². The van der Waals surface area contributed by atoms with E-state index in [1.807, 2.05) is 0 Å². The third kappa shape index (κ3) is 45.4. The van der Waals surface area contributed by atoms with Gasteiger partial charge in [-0.25, -0.2) is 0 Å². The highest BCUT2D eigenvalue weighted by atomic mass is 16.5. The van der Waals surface area contributed by atoms with E-state index < -0.39 is 18.2 Å². The zero-order valence-corrected chi connectivity index (χ0v) is 42.3. The van der Waals surface area contributed by atoms with Crippen LogP contribution in [-0.4, -0.2) is 46.9 Å². The number of aliphatic hydroxyl groups excluding tert-OH is 2. The molecule has 0 aliphatic rings. The van der Waals surface area contributed by atoms with Crippen molar-refractivity contribution >= 4 is 11.9 Å². The number of ether oxygens (including phenoxy) is 1. The Kier molecular flexibility index (Phi) is 49.9. The molecule has 0 rings (SSSR count). The van der Waals surface area contributed by atoms with Crippen molar-refractivity contribution in [2.24, 2.45) is 0 Å². The van der Waals surface area contributed by atoms with Gasteiger partial charge in [0.2, 0.25) is 5.91 Å². The number of rotatable bonds is 52. The maximum atomic E-state index is 13.2. The number of unbranched alkanes of at least 4 members (excludes halogenated alkanes) is 40. The first-order valence-electron chi connectivity index (χ1n) is 28.3. The lowest BCUT2D eigenvalue weighted by Crippen LogP contribution is -2.46. The van der Waals surface area contributed by atoms with Gasteiger partial charge in [-0.2, -0.15) is 0 Å². The maximum absolute atomic E-state index is 13.2. The summed E-state index contributed by atoms with van der Waals surface area (Å²) in [6, 6.07) is -0.693. The summed E-state index contributed by atoms with van der Waals surface area (Å²) in [4.78, 5) is 26.2. The van der Waals surface area contributed by atoms with E-state index in [0.29, 0.717) is 19.3 Å². The molecule has 0 aromatic rings. The molecule has 370 valence electrons. The van der Waals surface area contributed by atoms with Crippen molar-refractivity contribution in [2.75, 3.05) is 6.61 Å². The Labute approximate surface area is 387 Å². The van der Waals surface area contributed by atoms with Crippen LogP contribution in [0, 0.1) is 0 Å². The Morgan fingerprint density at radius 2 is 0.677 bits per heavy atom. The van der Waals surface area contributed by atoms with Gasteiger partial charge in [-0.3, -0.25) is 9.59 Å². The molecule has 0 aromatic heterocycles. The summed E-state index contributed by atoms with van der Waals surface area (Å²) in [7, 11) is 0. The number of hydrogen-bond acceptors (Lipinski definition) is 5. The molecule has 0 bridgehead atoms. The van der Waals surface area contributed by atoms with Crippen molar-refractivity contribution in [3.05, 3.63) is 0 Å². The lowest BCUT2D eigenvalue weighted by atomic mass is 10.0. The van der Waals surface area contributed by atoms with Crippen LogP contribution in [0.3, 0.4) is 0 Å². The van der Waals surface area contributed by atoms with Crippen molar-refractivity contribution in [2.45, 2.75) is 341 Å². The first-order valence-corrected chi connectivity index (χ1v) is 28.3. The zero-order valence-electron chi connectivity index (χ0n) is 42.3. The fraction of sp³-hybridized carbons (Fsp3) is 0.964. The van der Waals surface area contributed by atoms with Gasteiger partial charge in [0.1, 0.15) is 6.10 Å². The lowest BCUT2D eigenvalue weighted by Gasteiger charge is -2.24. The summed E-state index contributed by atoms with van der Waals surface area (Å²) in [6.07, 6.45) is 55.9. The number of carbonyl (C=O) groups excluding carboxylic acids is 2. The Morgan fingerprint density at radius 3 is 0.984 bits per heavy atom. The van der Waals surface area contributed by atoms with Gasteiger partial charge in [0.05, 0.1) is 25.2 Å². The molecule has 0 aromatic carbocycles. The fourth-order valence-electron chi connectivity index (χ4n) is 9.14. The van der Waals surface area contributed by atoms with E-state index in [9.17, 15) is 19.8 Å². The molecular weight excluding hydrogens is 767 g/mol. The number of aliphatic hydroxyl groups is 2. The average molecular weight is 879 g/mol. The van der Waals surface area contributed by atoms with Crippen LogP contribution in [0.1, 0.15) is 323 Å². The second-order valence-corrected chi connectivity index (χ2v) is 19.7. The molecule has 3 atom stereocenters. The van der Waals surface area contributed by atoms with Crippen molar-refractivity contribution in [1.82, 2.24) is 5.32 Å². The van der Waals surface area contributed by atoms with E-state index in [4.69, 9.17) is 4.74 Å². The summed E-state index contributed by atoms with van der Waals surface area (Å²) in [5.41, 5.74) is 0. The van der Waals surface area contributed by atoms with Gasteiger partial charge < -0.3 is 20.3 Å². The molecule has 0 saturated carbocycles. The topological polar surface area (TPSA) is 95.9 Å². The first kappa shape index (κ1) is 60.9. The van der Waals surface area contributed by atoms with Crippen molar-refractivity contribution < 1.29 is 24.5 Å². The van der Waals surface area contributed by atoms with E-state index in [0.717, 1.165) is 38.5 Å². The maximum Gasteiger partial charge on any atom is 0.306 e. The molecule has 62 heavy (non-hydrogen) atoms. The SMILES string of the molecule is CCCCCCCCCCCCCCCCCCC(O)C(CO)NC(=O)CC(CCCCCCCCCCCCCCCCC)OC(=O)CCCCCCCCCCCCCC. The summed E-state index contributed by atoms with van der Waals surface area (Å²) in [6.45, 7) is 6.53. The number of carbonyl (C=O) groups is 2. The largest absolute Gasteiger partial charge is 0.462 e. The molecule has 0 heterocycles. The minimum absolute atomic E-state index is 0.0883. The molecule has 0 saturated heterocycles. The third-order valence-electron chi connectivity index (χ3n) is 13.4. The van der Waals surface area contributed by atoms with Crippen LogP contribution >= 0.6 is 0 Å². The summed E-state index contributed by atoms with van der Waals surface area (Å²) < 4.78 is 5.95. The minimum atomic E-state index is -0.780. The second kappa shape index (κ2) is 50.9. The number of hydrogen-bond donors (Lipinski definition) is 3. The minimum Gasteiger partial charge on any atom is -0.462 e. The van der Waals surface area contributed by atoms with Crippen molar-refractivity contribution in [3.8, 4) is 0 Å². The number of nitrogens with one attached hydrogen (secondary N) is 1. The Bertz CT molecular complexity index is 898. The quantitative estimate of drug-likeness (QED) is 0.0418. The Morgan fingerprint density at radius 1 is 0.403 bits per heavy atom. The van der Waals surface area contributed by atoms with Crippen LogP contribution in [0.4, 0.5) is 0 Å². The number of esters is 1. The van der Waals surface area contributed by atoms with Crippen LogP contribution in [0.15, 0.2) is 0 Å². The predicted octanol–water partition coefficient (Wildman–Crippen LogP) is 17.1. The molecule has 0 spiro atoms. The van der Waals surface area contributed by atoms with E-state index >= 15 is 0 Å². The molecule has 0 aliphatic carbocycles. The predicted molar refractivity (Wildman–Crippen MR) is 269 cm³/mol. The van der Waals surface area contributed by atoms with Gasteiger partial charge in [0.25, 0.3) is 0 Å². The van der Waals surface area contributed by atoms with Gasteiger partial charge >= 0.3 is 5.97 Å². The standard InChI is InChI=1S/C56H111NO5/c1-4-7-10-13-16-19-22-25-27-29-31-33-36-39-42-45-48-54(59)53(51-58)57-55(60)50-52(47-44-41-38-35-32-30-28-26-23-20-17-14-11-8-5-2)62-56(61)49-46-43-40-37-34-24-21-18-15-12-9-6-3/h52-54,58-59H,4-51H2,1-3H3,(H,57,60). The van der Waals surface area contributed by atoms with Crippen LogP contribution in [0.5, 0.6) is 0 Å². The van der Waals surface area contributed by atoms with Crippen LogP contribution in [0.2, 0.25) is 0 Å². The van der Waals surface area contributed by atoms with E-state index in [-0.39, 0.29) is 24.9 Å². The highest BCUT2D eigenvalue weighted by molar-refractivity contribution is 5.77. The van der Waals surface area contributed by atoms with Crippen LogP contribution in [-0.2, 0) is 14.3 Å². The molecule has 0 radical (unpaired) electrons. The van der Waals surface area contributed by atoms with Gasteiger partial charge in [0.15, 0.2) is 0 Å². The molecular formula is C56H111NO5. The first-order chi connectivity index (χ1) is 30.5. The molecule has 6 nitrogen and oxygen atoms in total. The van der Waals surface area contributed by atoms with E-state index in [1.54, 1.807) is 0 Å². The highest BCUT2D eigenvalue weighted by Crippen LogP contribution is 2.19. The molecule has 3 unspecified atom stereocenters. The van der Waals surface area contributed by atoms with Crippen molar-refractivity contribution in [3.63, 3.8) is 0 Å². The molecule has 3 N–H and O–H groups in total. The summed E-state index contributed by atoms with van der Waals surface area (Å²) in [5, 5.41) is 23.9. The van der Waals surface area contributed by atoms with Gasteiger partial charge in [0, 0.05) is 6.42 Å². The summed E-state index contributed by atoms with van der Waals surface area (Å²) >= 11 is 0. The third-order valence-corrected chi connectivity index (χ3v) is 13.4. The monoisotopic (exact) mass is 878 g/mol. The van der Waals surface area contributed by atoms with Gasteiger partial charge in [-0.1, -0.05) is 284 Å². The van der Waals surface area contributed by atoms with Gasteiger partial charge in [-0.15, -0.1) is 0 Å². The van der Waals surface area contributed by atoms with Gasteiger partial charge in [-0.05, 0) is 25.7 Å². The molecule has 1 amide bonds. The zero-order chi connectivity index (χ0) is 45.2. The highest BCUT2D eigenvalue weighted by Gasteiger charge is 2.24. The number of amides is 1. The molecule has 0 aliphatic heterocycles. The van der Waals surface area contributed by atoms with Crippen molar-refractivity contribution in [1.29, 1.82) is 0 Å². The summed E-state index contributed by atoms with van der Waals surface area (Å²) in [5.74, 6) is -0.447. The Balaban J connectivity index is 4.47. The molecule has 6 heteroatoms. The average Bonchev–Trinajstić information content (AvgIpc) is 3.26.